The summed E-state index contributed by atoms with van der Waals surface area (Å²) in [6.45, 7) is 2.97. The molecule has 1 fully saturated rings. The van der Waals surface area contributed by atoms with Crippen molar-refractivity contribution in [1.29, 1.82) is 10.5 Å². The maximum atomic E-state index is 14.5. The molecule has 2 aromatic carbocycles. The van der Waals surface area contributed by atoms with Crippen LogP contribution in [-0.2, 0) is 7.05 Å². The molecular formula is C27H23FN6OS. The van der Waals surface area contributed by atoms with Crippen LogP contribution in [0.4, 0.5) is 4.39 Å². The summed E-state index contributed by atoms with van der Waals surface area (Å²) in [4.78, 5) is 18.9. The molecule has 0 spiro atoms. The van der Waals surface area contributed by atoms with Crippen molar-refractivity contribution in [3.63, 3.8) is 0 Å². The first kappa shape index (κ1) is 23.7. The van der Waals surface area contributed by atoms with Crippen LogP contribution in [0.1, 0.15) is 21.7 Å². The molecule has 0 aliphatic carbocycles. The Morgan fingerprint density at radius 2 is 1.92 bits per heavy atom. The standard InChI is InChI=1S/C27H23FN6OS/c1-32-17-21-13-19(5-6-24(21)31-32)26-22(18-3-4-20(16-30)23(28)14-18)15-25(36-26)27(35)34-9-2-8-33(10-7-29)11-12-34/h3-6,13-15,17H,2,8-12H2,1H3. The molecule has 0 unspecified atom stereocenters. The number of fused-ring (bicyclic) bond motifs is 1. The normalized spacial score (nSPS) is 14.4. The summed E-state index contributed by atoms with van der Waals surface area (Å²) in [7, 11) is 1.87. The van der Waals surface area contributed by atoms with Crippen LogP contribution in [-0.4, -0.2) is 58.2 Å². The second-order valence-electron chi connectivity index (χ2n) is 8.82. The lowest BCUT2D eigenvalue weighted by Gasteiger charge is -2.20. The number of amides is 1. The van der Waals surface area contributed by atoms with Gasteiger partial charge < -0.3 is 4.90 Å². The van der Waals surface area contributed by atoms with E-state index in [9.17, 15) is 9.18 Å². The molecule has 9 heteroatoms. The summed E-state index contributed by atoms with van der Waals surface area (Å²) in [5.41, 5.74) is 3.12. The molecule has 1 aliphatic heterocycles. The van der Waals surface area contributed by atoms with Crippen LogP contribution in [0, 0.1) is 28.5 Å². The van der Waals surface area contributed by atoms with Crippen LogP contribution < -0.4 is 0 Å². The van der Waals surface area contributed by atoms with Gasteiger partial charge in [-0.15, -0.1) is 11.3 Å². The highest BCUT2D eigenvalue weighted by Gasteiger charge is 2.24. The number of hydrogen-bond acceptors (Lipinski definition) is 6. The van der Waals surface area contributed by atoms with E-state index in [4.69, 9.17) is 10.5 Å². The van der Waals surface area contributed by atoms with Crippen LogP contribution in [0.15, 0.2) is 48.7 Å². The highest BCUT2D eigenvalue weighted by molar-refractivity contribution is 7.18. The van der Waals surface area contributed by atoms with Gasteiger partial charge >= 0.3 is 0 Å². The number of aromatic nitrogens is 2. The van der Waals surface area contributed by atoms with Crippen LogP contribution in [0.5, 0.6) is 0 Å². The molecule has 180 valence electrons. The third-order valence-corrected chi connectivity index (χ3v) is 7.57. The third kappa shape index (κ3) is 4.59. The minimum absolute atomic E-state index is 0.0184. The van der Waals surface area contributed by atoms with Crippen molar-refractivity contribution in [1.82, 2.24) is 19.6 Å². The van der Waals surface area contributed by atoms with Crippen LogP contribution in [0.25, 0.3) is 32.5 Å². The first-order valence-corrected chi connectivity index (χ1v) is 12.4. The van der Waals surface area contributed by atoms with Gasteiger partial charge in [0.05, 0.1) is 28.6 Å². The van der Waals surface area contributed by atoms with Gasteiger partial charge in [-0.05, 0) is 47.9 Å². The minimum Gasteiger partial charge on any atom is -0.337 e. The van der Waals surface area contributed by atoms with E-state index in [1.54, 1.807) is 10.7 Å². The smallest absolute Gasteiger partial charge is 0.264 e. The first-order valence-electron chi connectivity index (χ1n) is 11.6. The molecule has 0 bridgehead atoms. The maximum Gasteiger partial charge on any atom is 0.264 e. The number of benzene rings is 2. The fourth-order valence-electron chi connectivity index (χ4n) is 4.58. The molecule has 5 rings (SSSR count). The second kappa shape index (κ2) is 9.90. The van der Waals surface area contributed by atoms with Gasteiger partial charge in [0.2, 0.25) is 0 Å². The molecule has 0 saturated carbocycles. The van der Waals surface area contributed by atoms with E-state index in [1.807, 2.05) is 48.5 Å². The average molecular weight is 499 g/mol. The van der Waals surface area contributed by atoms with Crippen LogP contribution in [0.3, 0.4) is 0 Å². The molecule has 7 nitrogen and oxygen atoms in total. The molecule has 1 amide bonds. The van der Waals surface area contributed by atoms with E-state index in [2.05, 4.69) is 16.1 Å². The average Bonchev–Trinajstić information content (AvgIpc) is 3.40. The molecule has 3 heterocycles. The van der Waals surface area contributed by atoms with Crippen LogP contribution >= 0.6 is 11.3 Å². The van der Waals surface area contributed by atoms with Crippen molar-refractivity contribution in [2.75, 3.05) is 32.7 Å². The summed E-state index contributed by atoms with van der Waals surface area (Å²) in [5, 5.41) is 23.6. The Bertz CT molecular complexity index is 1540. The molecule has 4 aromatic rings. The number of thiophene rings is 1. The minimum atomic E-state index is -0.590. The number of aryl methyl sites for hydroxylation is 1. The zero-order chi connectivity index (χ0) is 25.2. The Hall–Kier alpha value is -4.05. The lowest BCUT2D eigenvalue weighted by atomic mass is 10.00. The van der Waals surface area contributed by atoms with E-state index in [1.165, 1.54) is 23.5 Å². The van der Waals surface area contributed by atoms with Crippen molar-refractivity contribution in [2.24, 2.45) is 7.05 Å². The second-order valence-corrected chi connectivity index (χ2v) is 9.87. The van der Waals surface area contributed by atoms with Gasteiger partial charge in [0.1, 0.15) is 11.9 Å². The largest absolute Gasteiger partial charge is 0.337 e. The Kier molecular flexibility index (Phi) is 6.51. The van der Waals surface area contributed by atoms with E-state index in [0.29, 0.717) is 36.6 Å². The molecule has 1 saturated heterocycles. The summed E-state index contributed by atoms with van der Waals surface area (Å²) >= 11 is 1.39. The van der Waals surface area contributed by atoms with E-state index < -0.39 is 5.82 Å². The van der Waals surface area contributed by atoms with Gasteiger partial charge in [0.15, 0.2) is 0 Å². The summed E-state index contributed by atoms with van der Waals surface area (Å²) in [5.74, 6) is -0.657. The van der Waals surface area contributed by atoms with Gasteiger partial charge in [-0.1, -0.05) is 12.1 Å². The summed E-state index contributed by atoms with van der Waals surface area (Å²) in [6, 6.07) is 16.3. The Morgan fingerprint density at radius 1 is 1.08 bits per heavy atom. The summed E-state index contributed by atoms with van der Waals surface area (Å²) in [6.07, 6.45) is 2.74. The Labute approximate surface area is 212 Å². The van der Waals surface area contributed by atoms with Crippen molar-refractivity contribution < 1.29 is 9.18 Å². The number of nitriles is 2. The lowest BCUT2D eigenvalue weighted by Crippen LogP contribution is -2.34. The maximum absolute atomic E-state index is 14.5. The highest BCUT2D eigenvalue weighted by Crippen LogP contribution is 2.41. The predicted molar refractivity (Wildman–Crippen MR) is 137 cm³/mol. The van der Waals surface area contributed by atoms with Crippen LogP contribution in [0.2, 0.25) is 0 Å². The van der Waals surface area contributed by atoms with E-state index >= 15 is 0 Å². The summed E-state index contributed by atoms with van der Waals surface area (Å²) < 4.78 is 16.3. The number of carbonyl (C=O) groups excluding carboxylic acids is 1. The number of nitrogens with zero attached hydrogens (tertiary/aromatic N) is 6. The van der Waals surface area contributed by atoms with Gasteiger partial charge in [-0.3, -0.25) is 14.4 Å². The molecule has 36 heavy (non-hydrogen) atoms. The number of carbonyl (C=O) groups is 1. The zero-order valence-electron chi connectivity index (χ0n) is 19.7. The number of halogens is 1. The van der Waals surface area contributed by atoms with Crippen molar-refractivity contribution in [3.05, 3.63) is 64.9 Å². The molecular weight excluding hydrogens is 475 g/mol. The van der Waals surface area contributed by atoms with Gasteiger partial charge in [0.25, 0.3) is 5.91 Å². The van der Waals surface area contributed by atoms with Crippen molar-refractivity contribution in [3.8, 4) is 33.7 Å². The molecule has 0 radical (unpaired) electrons. The van der Waals surface area contributed by atoms with Crippen molar-refractivity contribution >= 4 is 28.1 Å². The Morgan fingerprint density at radius 3 is 2.69 bits per heavy atom. The molecule has 0 atom stereocenters. The monoisotopic (exact) mass is 498 g/mol. The topological polar surface area (TPSA) is 89.0 Å². The van der Waals surface area contributed by atoms with Gasteiger partial charge in [-0.2, -0.15) is 15.6 Å². The van der Waals surface area contributed by atoms with Crippen molar-refractivity contribution in [2.45, 2.75) is 6.42 Å². The fraction of sp³-hybridized carbons (Fsp3) is 0.259. The van der Waals surface area contributed by atoms with E-state index in [0.717, 1.165) is 39.9 Å². The quantitative estimate of drug-likeness (QED) is 0.382. The molecule has 2 aromatic heterocycles. The highest BCUT2D eigenvalue weighted by atomic mass is 32.1. The van der Waals surface area contributed by atoms with Gasteiger partial charge in [0, 0.05) is 55.3 Å². The zero-order valence-corrected chi connectivity index (χ0v) is 20.6. The number of rotatable bonds is 4. The fourth-order valence-corrected chi connectivity index (χ4v) is 5.72. The molecule has 1 aliphatic rings. The van der Waals surface area contributed by atoms with Gasteiger partial charge in [-0.25, -0.2) is 4.39 Å². The number of hydrogen-bond donors (Lipinski definition) is 0. The first-order chi connectivity index (χ1) is 17.5. The SMILES string of the molecule is Cn1cc2cc(-c3sc(C(=O)N4CCCN(CC#N)CC4)cc3-c3ccc(C#N)c(F)c3)ccc2n1. The molecule has 0 N–H and O–H groups in total. The Balaban J connectivity index is 1.56. The predicted octanol–water partition coefficient (Wildman–Crippen LogP) is 4.65. The van der Waals surface area contributed by atoms with E-state index in [-0.39, 0.29) is 11.5 Å². The lowest BCUT2D eigenvalue weighted by molar-refractivity contribution is 0.0767. The third-order valence-electron chi connectivity index (χ3n) is 6.39.